The van der Waals surface area contributed by atoms with E-state index in [0.717, 1.165) is 63.4 Å². The molecule has 1 aromatic carbocycles. The van der Waals surface area contributed by atoms with E-state index in [9.17, 15) is 15.0 Å². The van der Waals surface area contributed by atoms with Crippen LogP contribution in [0.15, 0.2) is 35.9 Å². The molecule has 6 aliphatic rings. The molecule has 43 heavy (non-hydrogen) atoms. The highest BCUT2D eigenvalue weighted by atomic mass is 35.5. The molecule has 236 valence electrons. The molecular weight excluding hydrogens is 560 g/mol. The van der Waals surface area contributed by atoms with Crippen LogP contribution in [0.25, 0.3) is 0 Å². The Balaban J connectivity index is 1.23. The van der Waals surface area contributed by atoms with Gasteiger partial charge in [-0.05, 0) is 109 Å². The Morgan fingerprint density at radius 3 is 2.42 bits per heavy atom. The van der Waals surface area contributed by atoms with Gasteiger partial charge in [-0.25, -0.2) is 0 Å². The van der Waals surface area contributed by atoms with Crippen molar-refractivity contribution >= 4 is 17.6 Å². The summed E-state index contributed by atoms with van der Waals surface area (Å²) >= 11 is 6.29. The molecule has 4 unspecified atom stereocenters. The van der Waals surface area contributed by atoms with Crippen molar-refractivity contribution in [1.82, 2.24) is 0 Å². The van der Waals surface area contributed by atoms with Gasteiger partial charge in [-0.3, -0.25) is 4.79 Å². The average molecular weight is 611 g/mol. The summed E-state index contributed by atoms with van der Waals surface area (Å²) < 4.78 is 13.1. The second-order valence-corrected chi connectivity index (χ2v) is 17.6. The van der Waals surface area contributed by atoms with E-state index in [2.05, 4.69) is 47.6 Å². The SMILES string of the molecule is CC1(C)CC[C@]2(C(=O)O)CC[C@]3(C)C(=CCC4[C@@]5(C)C[C@@H](O)[C@@H]6OC(c7cccc(Cl)c7)OC[C@@]6(C)C5CC[C@]43C)C2C1. The fourth-order valence-corrected chi connectivity index (χ4v) is 12.4. The van der Waals surface area contributed by atoms with Crippen molar-refractivity contribution in [2.24, 2.45) is 50.2 Å². The van der Waals surface area contributed by atoms with Gasteiger partial charge in [0.2, 0.25) is 0 Å². The van der Waals surface area contributed by atoms with Crippen LogP contribution in [0.5, 0.6) is 0 Å². The van der Waals surface area contributed by atoms with Crippen LogP contribution in [0.4, 0.5) is 0 Å². The van der Waals surface area contributed by atoms with Gasteiger partial charge in [-0.15, -0.1) is 0 Å². The van der Waals surface area contributed by atoms with Crippen LogP contribution < -0.4 is 0 Å². The van der Waals surface area contributed by atoms with E-state index < -0.39 is 23.8 Å². The van der Waals surface area contributed by atoms with Crippen molar-refractivity contribution < 1.29 is 24.5 Å². The van der Waals surface area contributed by atoms with E-state index in [0.29, 0.717) is 23.5 Å². The number of allylic oxidation sites excluding steroid dienone is 2. The molecule has 7 rings (SSSR count). The first kappa shape index (κ1) is 30.3. The Bertz CT molecular complexity index is 1360. The summed E-state index contributed by atoms with van der Waals surface area (Å²) in [5, 5.41) is 23.2. The lowest BCUT2D eigenvalue weighted by atomic mass is 9.33. The van der Waals surface area contributed by atoms with E-state index in [1.54, 1.807) is 0 Å². The highest BCUT2D eigenvalue weighted by Crippen LogP contribution is 2.76. The number of aliphatic hydroxyl groups excluding tert-OH is 1. The first-order chi connectivity index (χ1) is 20.1. The molecule has 0 spiro atoms. The van der Waals surface area contributed by atoms with Gasteiger partial charge in [0.25, 0.3) is 0 Å². The second-order valence-electron chi connectivity index (χ2n) is 17.2. The largest absolute Gasteiger partial charge is 0.481 e. The standard InChI is InChI=1S/C37H51ClO5/c1-32(2)14-16-37(31(40)41)17-15-35(5)24(25(37)19-32)10-11-28-33(3)20-26(39)29-34(4,27(33)12-13-36(28,35)6)21-42-30(43-29)22-8-7-9-23(38)18-22/h7-10,18,25-30,39H,11-17,19-21H2,1-6H3,(H,40,41)/t25?,26-,27?,28?,29+,30?,33+,34+,35-,36-,37+/m1/s1. The molecule has 0 amide bonds. The quantitative estimate of drug-likeness (QED) is 0.328. The third-order valence-electron chi connectivity index (χ3n) is 14.7. The Hall–Kier alpha value is -1.40. The molecule has 6 heteroatoms. The number of fused-ring (bicyclic) bond motifs is 9. The molecule has 0 bridgehead atoms. The van der Waals surface area contributed by atoms with Crippen molar-refractivity contribution in [2.75, 3.05) is 6.61 Å². The van der Waals surface area contributed by atoms with Crippen molar-refractivity contribution in [3.05, 3.63) is 46.5 Å². The summed E-state index contributed by atoms with van der Waals surface area (Å²) in [6, 6.07) is 7.64. The van der Waals surface area contributed by atoms with Crippen LogP contribution in [0, 0.1) is 50.2 Å². The first-order valence-corrected chi connectivity index (χ1v) is 17.1. The normalized spacial score (nSPS) is 50.2. The average Bonchev–Trinajstić information content (AvgIpc) is 2.92. The molecule has 5 fully saturated rings. The lowest BCUT2D eigenvalue weighted by molar-refractivity contribution is -0.339. The maximum absolute atomic E-state index is 13.0. The molecule has 2 N–H and O–H groups in total. The summed E-state index contributed by atoms with van der Waals surface area (Å²) in [6.45, 7) is 15.0. The Kier molecular flexibility index (Phi) is 6.73. The number of ether oxygens (including phenoxy) is 2. The number of carboxylic acid groups (broad SMARTS) is 1. The fourth-order valence-electron chi connectivity index (χ4n) is 12.2. The Morgan fingerprint density at radius 1 is 0.953 bits per heavy atom. The van der Waals surface area contributed by atoms with Crippen LogP contribution in [-0.4, -0.2) is 35.0 Å². The lowest BCUT2D eigenvalue weighted by Crippen LogP contribution is -2.69. The topological polar surface area (TPSA) is 76.0 Å². The van der Waals surface area contributed by atoms with Gasteiger partial charge in [0.15, 0.2) is 6.29 Å². The molecule has 0 aromatic heterocycles. The second kappa shape index (κ2) is 9.56. The van der Waals surface area contributed by atoms with E-state index in [1.807, 2.05) is 24.3 Å². The minimum absolute atomic E-state index is 0.0389. The smallest absolute Gasteiger partial charge is 0.310 e. The van der Waals surface area contributed by atoms with Gasteiger partial charge >= 0.3 is 5.97 Å². The molecular formula is C37H51ClO5. The first-order valence-electron chi connectivity index (χ1n) is 16.7. The maximum Gasteiger partial charge on any atom is 0.310 e. The predicted molar refractivity (Wildman–Crippen MR) is 167 cm³/mol. The molecule has 11 atom stereocenters. The molecule has 0 radical (unpaired) electrons. The number of hydrogen-bond donors (Lipinski definition) is 2. The van der Waals surface area contributed by atoms with Crippen molar-refractivity contribution in [3.63, 3.8) is 0 Å². The predicted octanol–water partition coefficient (Wildman–Crippen LogP) is 8.59. The molecule has 5 nitrogen and oxygen atoms in total. The fraction of sp³-hybridized carbons (Fsp3) is 0.757. The van der Waals surface area contributed by atoms with Crippen LogP contribution >= 0.6 is 11.6 Å². The third-order valence-corrected chi connectivity index (χ3v) is 14.9. The Morgan fingerprint density at radius 2 is 1.70 bits per heavy atom. The summed E-state index contributed by atoms with van der Waals surface area (Å²) in [5.41, 5.74) is 1.50. The van der Waals surface area contributed by atoms with Crippen LogP contribution in [-0.2, 0) is 14.3 Å². The number of halogens is 1. The van der Waals surface area contributed by atoms with Gasteiger partial charge in [0.1, 0.15) is 0 Å². The van der Waals surface area contributed by atoms with E-state index in [1.165, 1.54) is 5.57 Å². The Labute approximate surface area is 262 Å². The van der Waals surface area contributed by atoms with Gasteiger partial charge in [0.05, 0.1) is 24.2 Å². The van der Waals surface area contributed by atoms with Gasteiger partial charge in [-0.1, -0.05) is 76.9 Å². The number of hydrogen-bond acceptors (Lipinski definition) is 4. The van der Waals surface area contributed by atoms with Crippen LogP contribution in [0.2, 0.25) is 5.02 Å². The minimum atomic E-state index is -0.622. The molecule has 1 aromatic rings. The number of benzene rings is 1. The zero-order valence-electron chi connectivity index (χ0n) is 26.9. The number of carbonyl (C=O) groups is 1. The lowest BCUT2D eigenvalue weighted by Gasteiger charge is -2.72. The highest BCUT2D eigenvalue weighted by Gasteiger charge is 2.71. The number of aliphatic hydroxyl groups is 1. The van der Waals surface area contributed by atoms with Gasteiger partial charge in [0, 0.05) is 16.0 Å². The molecule has 1 saturated heterocycles. The minimum Gasteiger partial charge on any atom is -0.481 e. The number of rotatable bonds is 2. The van der Waals surface area contributed by atoms with Crippen molar-refractivity contribution in [3.8, 4) is 0 Å². The maximum atomic E-state index is 13.0. The summed E-state index contributed by atoms with van der Waals surface area (Å²) in [4.78, 5) is 13.0. The highest BCUT2D eigenvalue weighted by molar-refractivity contribution is 6.30. The van der Waals surface area contributed by atoms with E-state index >= 15 is 0 Å². The van der Waals surface area contributed by atoms with Crippen molar-refractivity contribution in [2.45, 2.75) is 118 Å². The third kappa shape index (κ3) is 4.02. The van der Waals surface area contributed by atoms with Crippen LogP contribution in [0.1, 0.15) is 111 Å². The zero-order valence-corrected chi connectivity index (χ0v) is 27.7. The summed E-state index contributed by atoms with van der Waals surface area (Å²) in [7, 11) is 0. The summed E-state index contributed by atoms with van der Waals surface area (Å²) in [6.07, 6.45) is 9.40. The molecule has 5 aliphatic carbocycles. The monoisotopic (exact) mass is 610 g/mol. The van der Waals surface area contributed by atoms with Crippen molar-refractivity contribution in [1.29, 1.82) is 0 Å². The molecule has 1 heterocycles. The van der Waals surface area contributed by atoms with E-state index in [-0.39, 0.29) is 39.1 Å². The van der Waals surface area contributed by atoms with Gasteiger partial charge < -0.3 is 19.7 Å². The summed E-state index contributed by atoms with van der Waals surface area (Å²) in [5.74, 6) is 0.292. The van der Waals surface area contributed by atoms with Crippen LogP contribution in [0.3, 0.4) is 0 Å². The van der Waals surface area contributed by atoms with E-state index in [4.69, 9.17) is 21.1 Å². The number of carboxylic acids is 1. The number of aliphatic carboxylic acids is 1. The van der Waals surface area contributed by atoms with Gasteiger partial charge in [-0.2, -0.15) is 0 Å². The molecule has 4 saturated carbocycles. The zero-order chi connectivity index (χ0) is 30.8. The molecule has 1 aliphatic heterocycles.